The van der Waals surface area contributed by atoms with Crippen molar-refractivity contribution < 1.29 is 13.2 Å². The number of hydrogen-bond donors (Lipinski definition) is 0. The third-order valence-corrected chi connectivity index (χ3v) is 8.92. The van der Waals surface area contributed by atoms with Crippen molar-refractivity contribution in [2.45, 2.75) is 35.6 Å². The highest BCUT2D eigenvalue weighted by Crippen LogP contribution is 2.35. The van der Waals surface area contributed by atoms with Gasteiger partial charge in [0.2, 0.25) is 10.0 Å². The average molecular weight is 504 g/mol. The van der Waals surface area contributed by atoms with Gasteiger partial charge >= 0.3 is 0 Å². The van der Waals surface area contributed by atoms with Gasteiger partial charge in [0.15, 0.2) is 0 Å². The lowest BCUT2D eigenvalue weighted by Gasteiger charge is -2.37. The number of aromatic nitrogens is 1. The number of anilines is 1. The summed E-state index contributed by atoms with van der Waals surface area (Å²) in [6.45, 7) is 2.83. The Morgan fingerprint density at radius 3 is 2.42 bits per heavy atom. The van der Waals surface area contributed by atoms with Crippen LogP contribution in [0.2, 0.25) is 5.02 Å². The highest BCUT2D eigenvalue weighted by Gasteiger charge is 2.33. The Morgan fingerprint density at radius 1 is 1.06 bits per heavy atom. The van der Waals surface area contributed by atoms with Crippen molar-refractivity contribution in [2.24, 2.45) is 0 Å². The van der Waals surface area contributed by atoms with Gasteiger partial charge in [0.25, 0.3) is 0 Å². The molecule has 1 aromatic heterocycles. The summed E-state index contributed by atoms with van der Waals surface area (Å²) in [5.41, 5.74) is 0.947. The number of methoxy groups -OCH3 is 1. The minimum absolute atomic E-state index is 0.149. The number of hydrogen-bond acceptors (Lipinski definition) is 6. The van der Waals surface area contributed by atoms with Crippen LogP contribution in [0, 0.1) is 6.92 Å². The third kappa shape index (κ3) is 5.46. The molecule has 1 saturated heterocycles. The zero-order valence-electron chi connectivity index (χ0n) is 18.5. The quantitative estimate of drug-likeness (QED) is 0.401. The average Bonchev–Trinajstić information content (AvgIpc) is 2.83. The zero-order valence-corrected chi connectivity index (χ0v) is 20.9. The first kappa shape index (κ1) is 23.9. The van der Waals surface area contributed by atoms with E-state index >= 15 is 0 Å². The smallest absolute Gasteiger partial charge is 0.243 e. The Bertz CT molecular complexity index is 1200. The van der Waals surface area contributed by atoms with E-state index in [4.69, 9.17) is 21.3 Å². The summed E-state index contributed by atoms with van der Waals surface area (Å²) in [5.74, 6) is 1.33. The van der Waals surface area contributed by atoms with Crippen molar-refractivity contribution >= 4 is 39.4 Å². The molecule has 0 radical (unpaired) electrons. The van der Waals surface area contributed by atoms with E-state index in [0.29, 0.717) is 31.7 Å². The van der Waals surface area contributed by atoms with Crippen molar-refractivity contribution in [1.82, 2.24) is 9.29 Å². The molecule has 0 spiro atoms. The maximum atomic E-state index is 13.2. The molecule has 1 fully saturated rings. The van der Waals surface area contributed by atoms with E-state index in [1.54, 1.807) is 24.1 Å². The maximum Gasteiger partial charge on any atom is 0.243 e. The standard InChI is InChI=1S/C24H26ClN3O3S2/c1-18-7-6-10-24(26-18)28(32-20-8-4-3-5-9-20)19-13-15-27(16-14-19)33(29,30)21-11-12-23(31-2)22(25)17-21/h3-12,17,19H,13-16H2,1-2H3. The van der Waals surface area contributed by atoms with Crippen molar-refractivity contribution in [3.63, 3.8) is 0 Å². The fourth-order valence-electron chi connectivity index (χ4n) is 3.83. The predicted molar refractivity (Wildman–Crippen MR) is 134 cm³/mol. The molecule has 0 bridgehead atoms. The monoisotopic (exact) mass is 503 g/mol. The summed E-state index contributed by atoms with van der Waals surface area (Å²) in [6.07, 6.45) is 1.39. The molecular formula is C24H26ClN3O3S2. The highest BCUT2D eigenvalue weighted by molar-refractivity contribution is 8.00. The molecule has 174 valence electrons. The van der Waals surface area contributed by atoms with Crippen LogP contribution in [0.3, 0.4) is 0 Å². The van der Waals surface area contributed by atoms with Gasteiger partial charge < -0.3 is 4.74 Å². The molecule has 2 aromatic carbocycles. The molecule has 0 atom stereocenters. The first-order valence-corrected chi connectivity index (χ1v) is 13.3. The van der Waals surface area contributed by atoms with Crippen LogP contribution in [-0.4, -0.2) is 43.9 Å². The summed E-state index contributed by atoms with van der Waals surface area (Å²) in [7, 11) is -2.13. The number of ether oxygens (including phenoxy) is 1. The normalized spacial score (nSPS) is 15.4. The Balaban J connectivity index is 1.53. The van der Waals surface area contributed by atoms with Gasteiger partial charge in [0.05, 0.1) is 17.0 Å². The van der Waals surface area contributed by atoms with Crippen molar-refractivity contribution in [3.05, 3.63) is 77.4 Å². The number of halogens is 1. The van der Waals surface area contributed by atoms with Crippen LogP contribution in [0.1, 0.15) is 18.5 Å². The number of rotatable bonds is 7. The topological polar surface area (TPSA) is 62.7 Å². The molecule has 1 aliphatic rings. The van der Waals surface area contributed by atoms with Crippen molar-refractivity contribution in [2.75, 3.05) is 24.5 Å². The van der Waals surface area contributed by atoms with E-state index in [1.165, 1.54) is 17.5 Å². The second kappa shape index (κ2) is 10.3. The van der Waals surface area contributed by atoms with Crippen LogP contribution in [-0.2, 0) is 10.0 Å². The molecule has 0 aliphatic carbocycles. The van der Waals surface area contributed by atoms with Crippen LogP contribution in [0.15, 0.2) is 76.5 Å². The number of pyridine rings is 1. The minimum Gasteiger partial charge on any atom is -0.495 e. The summed E-state index contributed by atoms with van der Waals surface area (Å²) in [4.78, 5) is 6.03. The van der Waals surface area contributed by atoms with Crippen molar-refractivity contribution in [3.8, 4) is 5.75 Å². The molecule has 2 heterocycles. The largest absolute Gasteiger partial charge is 0.495 e. The highest BCUT2D eigenvalue weighted by atomic mass is 35.5. The number of aryl methyl sites for hydroxylation is 1. The third-order valence-electron chi connectivity index (χ3n) is 5.56. The fourth-order valence-corrected chi connectivity index (χ4v) is 6.71. The Labute approximate surface area is 204 Å². The van der Waals surface area contributed by atoms with E-state index in [0.717, 1.165) is 16.4 Å². The van der Waals surface area contributed by atoms with E-state index in [1.807, 2.05) is 43.3 Å². The minimum atomic E-state index is -3.64. The first-order valence-electron chi connectivity index (χ1n) is 10.7. The van der Waals surface area contributed by atoms with E-state index in [-0.39, 0.29) is 16.0 Å². The SMILES string of the molecule is COc1ccc(S(=O)(=O)N2CCC(N(Sc3ccccc3)c3cccc(C)n3)CC2)cc1Cl. The van der Waals surface area contributed by atoms with Gasteiger partial charge in [-0.2, -0.15) is 4.31 Å². The van der Waals surface area contributed by atoms with Crippen LogP contribution < -0.4 is 9.04 Å². The Kier molecular flexibility index (Phi) is 7.48. The summed E-state index contributed by atoms with van der Waals surface area (Å²) in [5, 5.41) is 0.282. The molecule has 4 rings (SSSR count). The van der Waals surface area contributed by atoms with Gasteiger partial charge in [-0.1, -0.05) is 35.9 Å². The van der Waals surface area contributed by atoms with Gasteiger partial charge in [-0.15, -0.1) is 0 Å². The maximum absolute atomic E-state index is 13.2. The summed E-state index contributed by atoms with van der Waals surface area (Å²) in [6, 6.07) is 20.9. The van der Waals surface area contributed by atoms with Gasteiger partial charge in [-0.25, -0.2) is 13.4 Å². The van der Waals surface area contributed by atoms with Crippen molar-refractivity contribution in [1.29, 1.82) is 0 Å². The van der Waals surface area contributed by atoms with E-state index < -0.39 is 10.0 Å². The number of nitrogens with zero attached hydrogens (tertiary/aromatic N) is 3. The van der Waals surface area contributed by atoms with Gasteiger partial charge in [-0.3, -0.25) is 4.31 Å². The molecular weight excluding hydrogens is 478 g/mol. The van der Waals surface area contributed by atoms with E-state index in [2.05, 4.69) is 16.4 Å². The van der Waals surface area contributed by atoms with Crippen LogP contribution in [0.5, 0.6) is 5.75 Å². The Hall–Kier alpha value is -2.26. The lowest BCUT2D eigenvalue weighted by molar-refractivity contribution is 0.322. The molecule has 3 aromatic rings. The molecule has 33 heavy (non-hydrogen) atoms. The van der Waals surface area contributed by atoms with Crippen LogP contribution in [0.25, 0.3) is 0 Å². The molecule has 0 amide bonds. The van der Waals surface area contributed by atoms with Crippen LogP contribution in [0.4, 0.5) is 5.82 Å². The lowest BCUT2D eigenvalue weighted by Crippen LogP contribution is -2.45. The summed E-state index contributed by atoms with van der Waals surface area (Å²) >= 11 is 7.81. The molecule has 1 aliphatic heterocycles. The molecule has 0 N–H and O–H groups in total. The van der Waals surface area contributed by atoms with Gasteiger partial charge in [-0.05, 0) is 74.2 Å². The van der Waals surface area contributed by atoms with Crippen LogP contribution >= 0.6 is 23.5 Å². The lowest BCUT2D eigenvalue weighted by atomic mass is 10.1. The molecule has 9 heteroatoms. The number of sulfonamides is 1. The second-order valence-corrected chi connectivity index (χ2v) is 11.2. The zero-order chi connectivity index (χ0) is 23.4. The van der Waals surface area contributed by atoms with Gasteiger partial charge in [0.1, 0.15) is 11.6 Å². The molecule has 6 nitrogen and oxygen atoms in total. The number of benzene rings is 2. The Morgan fingerprint density at radius 2 is 1.79 bits per heavy atom. The molecule has 0 saturated carbocycles. The molecule has 0 unspecified atom stereocenters. The summed E-state index contributed by atoms with van der Waals surface area (Å²) < 4.78 is 35.3. The second-order valence-electron chi connectivity index (χ2n) is 7.80. The van der Waals surface area contributed by atoms with E-state index in [9.17, 15) is 8.42 Å². The fraction of sp³-hybridized carbons (Fsp3) is 0.292. The first-order chi connectivity index (χ1) is 15.9. The number of piperidine rings is 1. The van der Waals surface area contributed by atoms with Gasteiger partial charge in [0, 0.05) is 29.7 Å². The predicted octanol–water partition coefficient (Wildman–Crippen LogP) is 5.42.